The number of benzene rings is 1. The van der Waals surface area contributed by atoms with Gasteiger partial charge in [-0.15, -0.1) is 11.3 Å². The van der Waals surface area contributed by atoms with Crippen molar-refractivity contribution >= 4 is 23.9 Å². The van der Waals surface area contributed by atoms with Crippen molar-refractivity contribution < 1.29 is 14.0 Å². The minimum atomic E-state index is -0.374. The summed E-state index contributed by atoms with van der Waals surface area (Å²) in [5.41, 5.74) is 0.293. The van der Waals surface area contributed by atoms with Crippen LogP contribution in [0.25, 0.3) is 0 Å². The summed E-state index contributed by atoms with van der Waals surface area (Å²) in [6, 6.07) is 12.2. The normalized spacial score (nSPS) is 19.5. The zero-order valence-electron chi connectivity index (χ0n) is 16.2. The second-order valence-corrected chi connectivity index (χ2v) is 8.65. The molecule has 1 fully saturated rings. The van der Waals surface area contributed by atoms with Gasteiger partial charge in [-0.05, 0) is 70.3 Å². The molecule has 1 unspecified atom stereocenters. The molecular weight excluding hydrogens is 345 g/mol. The van der Waals surface area contributed by atoms with Crippen LogP contribution in [0.1, 0.15) is 45.1 Å². The van der Waals surface area contributed by atoms with Gasteiger partial charge in [-0.1, -0.05) is 18.2 Å². The molecule has 0 spiro atoms. The summed E-state index contributed by atoms with van der Waals surface area (Å²) in [6.45, 7) is 9.17. The lowest BCUT2D eigenvalue weighted by Crippen LogP contribution is -2.41. The lowest BCUT2D eigenvalue weighted by atomic mass is 9.79. The Morgan fingerprint density at radius 2 is 1.85 bits per heavy atom. The molecule has 6 heteroatoms. The van der Waals surface area contributed by atoms with Crippen molar-refractivity contribution in [1.29, 1.82) is 0 Å². The predicted octanol–water partition coefficient (Wildman–Crippen LogP) is 3.78. The molecule has 0 saturated carbocycles. The van der Waals surface area contributed by atoms with Crippen LogP contribution >= 0.6 is 11.3 Å². The van der Waals surface area contributed by atoms with Gasteiger partial charge in [0.1, 0.15) is 11.9 Å². The highest BCUT2D eigenvalue weighted by Crippen LogP contribution is 2.36. The first kappa shape index (κ1) is 19.4. The number of hydrogen-bond donors (Lipinski definition) is 1. The van der Waals surface area contributed by atoms with Gasteiger partial charge in [-0.2, -0.15) is 0 Å². The van der Waals surface area contributed by atoms with Crippen molar-refractivity contribution in [2.75, 3.05) is 13.6 Å². The van der Waals surface area contributed by atoms with Crippen molar-refractivity contribution in [2.45, 2.75) is 51.4 Å². The third kappa shape index (κ3) is 4.14. The van der Waals surface area contributed by atoms with Crippen LogP contribution in [0.4, 0.5) is 0 Å². The lowest BCUT2D eigenvalue weighted by Gasteiger charge is -2.32. The molecule has 0 aliphatic carbocycles. The molecule has 0 bridgehead atoms. The zero-order chi connectivity index (χ0) is 18.8. The maximum atomic E-state index is 6.32. The van der Waals surface area contributed by atoms with Crippen LogP contribution in [0.5, 0.6) is 5.75 Å². The van der Waals surface area contributed by atoms with Crippen LogP contribution in [0, 0.1) is 0 Å². The van der Waals surface area contributed by atoms with Gasteiger partial charge in [-0.25, -0.2) is 0 Å². The molecule has 1 aliphatic rings. The second kappa shape index (κ2) is 7.73. The molecule has 1 N–H and O–H groups in total. The van der Waals surface area contributed by atoms with Gasteiger partial charge in [-0.3, -0.25) is 0 Å². The Kier molecular flexibility index (Phi) is 5.77. The van der Waals surface area contributed by atoms with Crippen molar-refractivity contribution in [1.82, 2.24) is 5.32 Å². The summed E-state index contributed by atoms with van der Waals surface area (Å²) < 4.78 is 18.6. The molecule has 0 radical (unpaired) electrons. The highest BCUT2D eigenvalue weighted by atomic mass is 32.1. The van der Waals surface area contributed by atoms with Gasteiger partial charge >= 0.3 is 7.12 Å². The number of ether oxygens (including phenoxy) is 1. The van der Waals surface area contributed by atoms with Crippen molar-refractivity contribution in [3.63, 3.8) is 0 Å². The van der Waals surface area contributed by atoms with Crippen LogP contribution < -0.4 is 15.5 Å². The molecule has 1 aliphatic heterocycles. The number of rotatable bonds is 7. The number of nitrogens with one attached hydrogen (secondary N) is 1. The molecule has 1 saturated heterocycles. The molecule has 3 rings (SSSR count). The Hall–Kier alpha value is -1.34. The first-order valence-corrected chi connectivity index (χ1v) is 10.0. The molecule has 4 nitrogen and oxygen atoms in total. The largest absolute Gasteiger partial charge is 0.494 e. The Bertz CT molecular complexity index is 702. The van der Waals surface area contributed by atoms with Crippen molar-refractivity contribution in [3.8, 4) is 5.75 Å². The third-order valence-corrected chi connectivity index (χ3v) is 6.14. The Morgan fingerprint density at radius 3 is 2.46 bits per heavy atom. The van der Waals surface area contributed by atoms with E-state index in [1.54, 1.807) is 11.3 Å². The van der Waals surface area contributed by atoms with E-state index >= 15 is 0 Å². The average molecular weight is 373 g/mol. The molecule has 1 atom stereocenters. The maximum Gasteiger partial charge on any atom is 0.494 e. The monoisotopic (exact) mass is 373 g/mol. The second-order valence-electron chi connectivity index (χ2n) is 7.67. The fraction of sp³-hybridized carbons (Fsp3) is 0.500. The van der Waals surface area contributed by atoms with Gasteiger partial charge < -0.3 is 19.4 Å². The number of thiophene rings is 1. The summed E-state index contributed by atoms with van der Waals surface area (Å²) >= 11 is 1.73. The quantitative estimate of drug-likeness (QED) is 0.750. The van der Waals surface area contributed by atoms with E-state index in [0.29, 0.717) is 0 Å². The summed E-state index contributed by atoms with van der Waals surface area (Å²) in [4.78, 5) is 1.24. The Labute approximate surface area is 161 Å². The molecule has 0 amide bonds. The van der Waals surface area contributed by atoms with Crippen LogP contribution in [-0.2, 0) is 9.31 Å². The standard InChI is InChI=1S/C20H28BNO3S/c1-19(2)20(3,4)25-21(24-19)15-8-6-9-16(14-15)23-17(11-12-22-5)18-10-7-13-26-18/h6-10,13-14,17,22H,11-12H2,1-5H3. The van der Waals surface area contributed by atoms with Crippen LogP contribution in [0.2, 0.25) is 0 Å². The maximum absolute atomic E-state index is 6.32. The minimum absolute atomic E-state index is 0.0380. The Balaban J connectivity index is 1.77. The topological polar surface area (TPSA) is 39.7 Å². The summed E-state index contributed by atoms with van der Waals surface area (Å²) in [5, 5.41) is 5.29. The van der Waals surface area contributed by atoms with E-state index in [4.69, 9.17) is 14.0 Å². The van der Waals surface area contributed by atoms with E-state index in [9.17, 15) is 0 Å². The van der Waals surface area contributed by atoms with E-state index in [1.165, 1.54) is 4.88 Å². The summed E-state index contributed by atoms with van der Waals surface area (Å²) in [7, 11) is 1.59. The van der Waals surface area contributed by atoms with Crippen LogP contribution in [-0.4, -0.2) is 31.9 Å². The summed E-state index contributed by atoms with van der Waals surface area (Å²) in [6.07, 6.45) is 0.952. The van der Waals surface area contributed by atoms with E-state index in [2.05, 4.69) is 50.5 Å². The zero-order valence-corrected chi connectivity index (χ0v) is 17.1. The molecule has 1 aromatic carbocycles. The van der Waals surface area contributed by atoms with Crippen molar-refractivity contribution in [3.05, 3.63) is 46.7 Å². The average Bonchev–Trinajstić information content (AvgIpc) is 3.18. The molecule has 26 heavy (non-hydrogen) atoms. The molecular formula is C20H28BNO3S. The fourth-order valence-corrected chi connectivity index (χ4v) is 3.68. The van der Waals surface area contributed by atoms with E-state index in [1.807, 2.05) is 31.3 Å². The van der Waals surface area contributed by atoms with Crippen LogP contribution in [0.15, 0.2) is 41.8 Å². The lowest BCUT2D eigenvalue weighted by molar-refractivity contribution is 0.00578. The predicted molar refractivity (Wildman–Crippen MR) is 108 cm³/mol. The van der Waals surface area contributed by atoms with Crippen molar-refractivity contribution in [2.24, 2.45) is 0 Å². The van der Waals surface area contributed by atoms with Gasteiger partial charge in [0, 0.05) is 11.3 Å². The number of hydrogen-bond acceptors (Lipinski definition) is 5. The molecule has 2 heterocycles. The first-order valence-electron chi connectivity index (χ1n) is 9.13. The highest BCUT2D eigenvalue weighted by molar-refractivity contribution is 7.10. The third-order valence-electron chi connectivity index (χ3n) is 5.18. The van der Waals surface area contributed by atoms with E-state index < -0.39 is 0 Å². The van der Waals surface area contributed by atoms with E-state index in [0.717, 1.165) is 24.2 Å². The molecule has 140 valence electrons. The van der Waals surface area contributed by atoms with Gasteiger partial charge in [0.15, 0.2) is 0 Å². The smallest absolute Gasteiger partial charge is 0.485 e. The summed E-state index contributed by atoms with van der Waals surface area (Å²) in [5.74, 6) is 0.840. The van der Waals surface area contributed by atoms with Crippen LogP contribution in [0.3, 0.4) is 0 Å². The van der Waals surface area contributed by atoms with E-state index in [-0.39, 0.29) is 24.4 Å². The van der Waals surface area contributed by atoms with Gasteiger partial charge in [0.05, 0.1) is 11.2 Å². The minimum Gasteiger partial charge on any atom is -0.485 e. The molecule has 1 aromatic heterocycles. The Morgan fingerprint density at radius 1 is 1.12 bits per heavy atom. The molecule has 2 aromatic rings. The van der Waals surface area contributed by atoms with Gasteiger partial charge in [0.25, 0.3) is 0 Å². The van der Waals surface area contributed by atoms with Gasteiger partial charge in [0.2, 0.25) is 0 Å². The highest BCUT2D eigenvalue weighted by Gasteiger charge is 2.51. The first-order chi connectivity index (χ1) is 12.3. The SMILES string of the molecule is CNCCC(Oc1cccc(B2OC(C)(C)C(C)(C)O2)c1)c1cccs1. The fourth-order valence-electron chi connectivity index (χ4n) is 2.89.